The zero-order valence-electron chi connectivity index (χ0n) is 6.18. The number of carbonyl (C=O) groups excluding carboxylic acids is 1. The van der Waals surface area contributed by atoms with Crippen LogP contribution in [0.15, 0.2) is 35.3 Å². The molecule has 1 aromatic rings. The Balaban J connectivity index is 3.13. The average Bonchev–Trinajstić information content (AvgIpc) is 2.08. The number of ketones is 1. The van der Waals surface area contributed by atoms with E-state index in [-0.39, 0.29) is 5.78 Å². The highest BCUT2D eigenvalue weighted by molar-refractivity contribution is 14.1. The molecule has 1 rings (SSSR count). The maximum Gasteiger partial charge on any atom is 0.185 e. The van der Waals surface area contributed by atoms with Gasteiger partial charge in [-0.2, -0.15) is 0 Å². The van der Waals surface area contributed by atoms with E-state index in [1.807, 2.05) is 12.1 Å². The van der Waals surface area contributed by atoms with Crippen molar-refractivity contribution in [2.45, 2.75) is 0 Å². The summed E-state index contributed by atoms with van der Waals surface area (Å²) >= 11 is 5.52. The third kappa shape index (κ3) is 2.17. The van der Waals surface area contributed by atoms with Crippen LogP contribution in [-0.2, 0) is 0 Å². The van der Waals surface area contributed by atoms with Gasteiger partial charge in [0.15, 0.2) is 5.78 Å². The molecule has 1 nitrogen and oxygen atoms in total. The smallest absolute Gasteiger partial charge is 0.185 e. The van der Waals surface area contributed by atoms with Crippen molar-refractivity contribution in [3.05, 3.63) is 44.5 Å². The fourth-order valence-electron chi connectivity index (χ4n) is 0.767. The van der Waals surface area contributed by atoms with E-state index in [0.29, 0.717) is 5.56 Å². The molecule has 0 saturated carbocycles. The number of hydrogen-bond acceptors (Lipinski definition) is 1. The summed E-state index contributed by atoms with van der Waals surface area (Å²) in [6.45, 7) is 3.43. The molecule has 0 radical (unpaired) electrons. The molecular weight excluding hydrogens is 331 g/mol. The summed E-state index contributed by atoms with van der Waals surface area (Å²) in [7, 11) is 0. The lowest BCUT2D eigenvalue weighted by Crippen LogP contribution is -1.93. The lowest BCUT2D eigenvalue weighted by atomic mass is 10.1. The first kappa shape index (κ1) is 9.92. The normalized spacial score (nSPS) is 9.50. The van der Waals surface area contributed by atoms with Gasteiger partial charge in [0.2, 0.25) is 0 Å². The van der Waals surface area contributed by atoms with Crippen LogP contribution in [0.4, 0.5) is 0 Å². The van der Waals surface area contributed by atoms with E-state index in [1.54, 1.807) is 6.07 Å². The summed E-state index contributed by atoms with van der Waals surface area (Å²) in [6, 6.07) is 5.46. The third-order valence-electron chi connectivity index (χ3n) is 1.39. The van der Waals surface area contributed by atoms with Gasteiger partial charge in [0.25, 0.3) is 0 Å². The van der Waals surface area contributed by atoms with E-state index in [2.05, 4.69) is 45.1 Å². The maximum atomic E-state index is 11.1. The van der Waals surface area contributed by atoms with Gasteiger partial charge < -0.3 is 0 Å². The van der Waals surface area contributed by atoms with E-state index in [1.165, 1.54) is 6.08 Å². The fourth-order valence-corrected chi connectivity index (χ4v) is 1.53. The molecule has 0 N–H and O–H groups in total. The summed E-state index contributed by atoms with van der Waals surface area (Å²) in [5, 5.41) is 0. The number of hydrogen-bond donors (Lipinski definition) is 0. The van der Waals surface area contributed by atoms with E-state index in [0.717, 1.165) is 8.04 Å². The van der Waals surface area contributed by atoms with Crippen molar-refractivity contribution in [2.75, 3.05) is 0 Å². The minimum absolute atomic E-state index is 0.0413. The molecular formula is C9H6BrIO. The molecule has 0 atom stereocenters. The monoisotopic (exact) mass is 336 g/mol. The minimum atomic E-state index is -0.0413. The summed E-state index contributed by atoms with van der Waals surface area (Å²) < 4.78 is 2.03. The Morgan fingerprint density at radius 1 is 1.58 bits per heavy atom. The number of rotatable bonds is 2. The average molecular weight is 337 g/mol. The van der Waals surface area contributed by atoms with Gasteiger partial charge in [-0.1, -0.05) is 6.58 Å². The lowest BCUT2D eigenvalue weighted by molar-refractivity contribution is 0.104. The zero-order chi connectivity index (χ0) is 9.14. The van der Waals surface area contributed by atoms with Crippen molar-refractivity contribution < 1.29 is 4.79 Å². The standard InChI is InChI=1S/C9H6BrIO/c1-2-9(12)6-3-4-7(10)8(11)5-6/h2-5H,1H2. The van der Waals surface area contributed by atoms with Gasteiger partial charge in [-0.05, 0) is 62.8 Å². The summed E-state index contributed by atoms with van der Waals surface area (Å²) in [5.41, 5.74) is 0.678. The highest BCUT2D eigenvalue weighted by Gasteiger charge is 2.02. The van der Waals surface area contributed by atoms with Gasteiger partial charge in [0.05, 0.1) is 0 Å². The van der Waals surface area contributed by atoms with Crippen LogP contribution in [-0.4, -0.2) is 5.78 Å². The summed E-state index contributed by atoms with van der Waals surface area (Å²) in [6.07, 6.45) is 1.32. The molecule has 0 aliphatic carbocycles. The molecule has 0 bridgehead atoms. The molecule has 0 aliphatic heterocycles. The van der Waals surface area contributed by atoms with Crippen molar-refractivity contribution >= 4 is 44.3 Å². The number of allylic oxidation sites excluding steroid dienone is 1. The van der Waals surface area contributed by atoms with E-state index >= 15 is 0 Å². The number of carbonyl (C=O) groups is 1. The summed E-state index contributed by atoms with van der Waals surface area (Å²) in [5.74, 6) is -0.0413. The second-order valence-corrected chi connectivity index (χ2v) is 4.21. The van der Waals surface area contributed by atoms with Crippen LogP contribution in [0.1, 0.15) is 10.4 Å². The predicted molar refractivity (Wildman–Crippen MR) is 61.4 cm³/mol. The molecule has 0 heterocycles. The molecule has 0 amide bonds. The van der Waals surface area contributed by atoms with E-state index in [4.69, 9.17) is 0 Å². The van der Waals surface area contributed by atoms with Crippen molar-refractivity contribution in [3.8, 4) is 0 Å². The van der Waals surface area contributed by atoms with Crippen molar-refractivity contribution in [1.29, 1.82) is 0 Å². The molecule has 0 spiro atoms. The van der Waals surface area contributed by atoms with Crippen LogP contribution in [0.3, 0.4) is 0 Å². The van der Waals surface area contributed by atoms with Crippen LogP contribution in [0.2, 0.25) is 0 Å². The van der Waals surface area contributed by atoms with Gasteiger partial charge >= 0.3 is 0 Å². The molecule has 3 heteroatoms. The van der Waals surface area contributed by atoms with E-state index in [9.17, 15) is 4.79 Å². The number of benzene rings is 1. The van der Waals surface area contributed by atoms with Crippen LogP contribution in [0, 0.1) is 3.57 Å². The van der Waals surface area contributed by atoms with Gasteiger partial charge in [0.1, 0.15) is 0 Å². The molecule has 12 heavy (non-hydrogen) atoms. The Morgan fingerprint density at radius 2 is 2.25 bits per heavy atom. The van der Waals surface area contributed by atoms with Gasteiger partial charge in [0, 0.05) is 13.6 Å². The maximum absolute atomic E-state index is 11.1. The second-order valence-electron chi connectivity index (χ2n) is 2.20. The van der Waals surface area contributed by atoms with Gasteiger partial charge in [-0.25, -0.2) is 0 Å². The first-order valence-corrected chi connectivity index (χ1v) is 5.14. The van der Waals surface area contributed by atoms with E-state index < -0.39 is 0 Å². The largest absolute Gasteiger partial charge is 0.289 e. The highest BCUT2D eigenvalue weighted by Crippen LogP contribution is 2.20. The fraction of sp³-hybridized carbons (Fsp3) is 0. The van der Waals surface area contributed by atoms with Crippen molar-refractivity contribution in [3.63, 3.8) is 0 Å². The molecule has 0 unspecified atom stereocenters. The molecule has 0 aliphatic rings. The molecule has 0 saturated heterocycles. The van der Waals surface area contributed by atoms with Gasteiger partial charge in [-0.15, -0.1) is 0 Å². The first-order chi connectivity index (χ1) is 5.65. The quantitative estimate of drug-likeness (QED) is 0.459. The third-order valence-corrected chi connectivity index (χ3v) is 3.71. The van der Waals surface area contributed by atoms with Crippen LogP contribution >= 0.6 is 38.5 Å². The summed E-state index contributed by atoms with van der Waals surface area (Å²) in [4.78, 5) is 11.1. The van der Waals surface area contributed by atoms with Crippen LogP contribution < -0.4 is 0 Å². The molecule has 0 aromatic heterocycles. The molecule has 1 aromatic carbocycles. The van der Waals surface area contributed by atoms with Crippen molar-refractivity contribution in [2.24, 2.45) is 0 Å². The van der Waals surface area contributed by atoms with Gasteiger partial charge in [-0.3, -0.25) is 4.79 Å². The van der Waals surface area contributed by atoms with Crippen molar-refractivity contribution in [1.82, 2.24) is 0 Å². The first-order valence-electron chi connectivity index (χ1n) is 3.27. The Kier molecular flexibility index (Phi) is 3.46. The SMILES string of the molecule is C=CC(=O)c1ccc(Br)c(I)c1. The molecule has 0 fully saturated rings. The topological polar surface area (TPSA) is 17.1 Å². The zero-order valence-corrected chi connectivity index (χ0v) is 9.92. The Morgan fingerprint density at radius 3 is 2.75 bits per heavy atom. The number of halogens is 2. The molecule has 62 valence electrons. The van der Waals surface area contributed by atoms with Crippen LogP contribution in [0.25, 0.3) is 0 Å². The lowest BCUT2D eigenvalue weighted by Gasteiger charge is -1.98. The highest BCUT2D eigenvalue weighted by atomic mass is 127. The minimum Gasteiger partial charge on any atom is -0.289 e. The Labute approximate surface area is 93.1 Å². The second kappa shape index (κ2) is 4.18. The predicted octanol–water partition coefficient (Wildman–Crippen LogP) is 3.42. The Hall–Kier alpha value is -0.160. The van der Waals surface area contributed by atoms with Crippen LogP contribution in [0.5, 0.6) is 0 Å². The Bertz CT molecular complexity index is 333.